The number of carbonyl (C=O) groups excluding carboxylic acids is 3. The van der Waals surface area contributed by atoms with Gasteiger partial charge in [0.15, 0.2) is 5.78 Å². The van der Waals surface area contributed by atoms with E-state index in [1.165, 1.54) is 0 Å². The van der Waals surface area contributed by atoms with Crippen LogP contribution in [0.5, 0.6) is 5.88 Å². The van der Waals surface area contributed by atoms with Crippen molar-refractivity contribution in [3.63, 3.8) is 0 Å². The molecule has 48 heavy (non-hydrogen) atoms. The highest BCUT2D eigenvalue weighted by atomic mass is 32.2. The minimum atomic E-state index is -3.78. The van der Waals surface area contributed by atoms with E-state index in [1.54, 1.807) is 11.1 Å². The van der Waals surface area contributed by atoms with Crippen molar-refractivity contribution in [2.24, 2.45) is 17.3 Å². The van der Waals surface area contributed by atoms with Gasteiger partial charge in [-0.15, -0.1) is 0 Å². The van der Waals surface area contributed by atoms with Crippen molar-refractivity contribution in [2.45, 2.75) is 88.0 Å². The molecule has 9 nitrogen and oxygen atoms in total. The van der Waals surface area contributed by atoms with Gasteiger partial charge >= 0.3 is 0 Å². The van der Waals surface area contributed by atoms with Crippen LogP contribution < -0.4 is 9.46 Å². The first-order valence-corrected chi connectivity index (χ1v) is 18.9. The zero-order chi connectivity index (χ0) is 33.3. The summed E-state index contributed by atoms with van der Waals surface area (Å²) in [5.41, 5.74) is -0.0795. The normalized spacial score (nSPS) is 28.9. The van der Waals surface area contributed by atoms with Crippen molar-refractivity contribution in [1.29, 1.82) is 0 Å². The number of rotatable bonds is 7. The van der Waals surface area contributed by atoms with E-state index < -0.39 is 38.7 Å². The number of allylic oxidation sites excluding steroid dienone is 2. The first kappa shape index (κ1) is 32.5. The molecule has 10 heteroatoms. The second kappa shape index (κ2) is 13.5. The largest absolute Gasteiger partial charge is 0.472 e. The molecule has 0 unspecified atom stereocenters. The monoisotopic (exact) mass is 669 g/mol. The summed E-state index contributed by atoms with van der Waals surface area (Å²) in [5.74, 6) is -1.01. The molecule has 0 spiro atoms. The predicted molar refractivity (Wildman–Crippen MR) is 182 cm³/mol. The van der Waals surface area contributed by atoms with Gasteiger partial charge < -0.3 is 9.64 Å². The van der Waals surface area contributed by atoms with Crippen LogP contribution in [0.25, 0.3) is 10.8 Å². The maximum Gasteiger partial charge on any atom is 0.240 e. The molecule has 2 aliphatic heterocycles. The Kier molecular flexibility index (Phi) is 9.11. The molecule has 2 aliphatic carbocycles. The van der Waals surface area contributed by atoms with Crippen LogP contribution in [0.4, 0.5) is 0 Å². The third-order valence-electron chi connectivity index (χ3n) is 10.6. The molecular formula is C38H43N3O6S. The van der Waals surface area contributed by atoms with E-state index in [-0.39, 0.29) is 42.9 Å². The number of nitrogens with zero attached hydrogens (tertiary/aromatic N) is 2. The number of hydrogen-bond donors (Lipinski definition) is 1. The van der Waals surface area contributed by atoms with Gasteiger partial charge in [-0.25, -0.2) is 13.4 Å². The van der Waals surface area contributed by atoms with E-state index in [0.717, 1.165) is 42.0 Å². The Morgan fingerprint density at radius 2 is 1.77 bits per heavy atom. The molecule has 252 valence electrons. The Hall–Kier alpha value is -4.05. The number of Topliss-reactive ketones (excluding diaryl/α,β-unsaturated/α-hetero) is 1. The molecule has 4 aliphatic rings. The number of fused-ring (bicyclic) bond motifs is 3. The maximum absolute atomic E-state index is 14.5. The number of sulfonamides is 1. The molecule has 2 saturated carbocycles. The van der Waals surface area contributed by atoms with Crippen LogP contribution in [0.1, 0.15) is 69.8 Å². The number of carbonyl (C=O) groups is 3. The summed E-state index contributed by atoms with van der Waals surface area (Å²) in [6, 6.07) is 18.9. The van der Waals surface area contributed by atoms with Gasteiger partial charge in [0.2, 0.25) is 27.7 Å². The van der Waals surface area contributed by atoms with Gasteiger partial charge in [0.25, 0.3) is 0 Å². The number of aromatic nitrogens is 1. The minimum absolute atomic E-state index is 0.0793. The standard InChI is InChI=1S/C38H43N3O6S/c42-34-24-38(37(44)40-48(45,46)31-17-18-31)23-29(38)15-8-3-1-2-7-14-28(21-26-11-5-4-6-12-26)36(43)41-25-30(22-33(34)41)47-35-32-16-10-9-13-27(32)19-20-39-35/h4-6,8-13,15-16,19-20,28-31,33H,1-3,7,14,17-18,21-25H2,(H,40,44)/b15-8-/t28-,29+,30-,33+,38-/m1/s1. The lowest BCUT2D eigenvalue weighted by atomic mass is 9.90. The molecule has 1 aromatic heterocycles. The number of pyridine rings is 1. The Morgan fingerprint density at radius 1 is 0.979 bits per heavy atom. The van der Waals surface area contributed by atoms with Gasteiger partial charge in [0.05, 0.1) is 23.3 Å². The highest BCUT2D eigenvalue weighted by molar-refractivity contribution is 7.90. The average molecular weight is 670 g/mol. The quantitative estimate of drug-likeness (QED) is 0.328. The van der Waals surface area contributed by atoms with Gasteiger partial charge in [0, 0.05) is 30.3 Å². The van der Waals surface area contributed by atoms with E-state index in [1.807, 2.05) is 66.7 Å². The van der Waals surface area contributed by atoms with Crippen LogP contribution in [0, 0.1) is 17.3 Å². The van der Waals surface area contributed by atoms with Crippen molar-refractivity contribution >= 4 is 38.4 Å². The number of amides is 2. The summed E-state index contributed by atoms with van der Waals surface area (Å²) in [6.07, 6.45) is 11.8. The molecule has 5 atom stereocenters. The number of ketones is 1. The van der Waals surface area contributed by atoms with Gasteiger partial charge in [-0.2, -0.15) is 0 Å². The lowest BCUT2D eigenvalue weighted by molar-refractivity contribution is -0.142. The van der Waals surface area contributed by atoms with Crippen molar-refractivity contribution in [1.82, 2.24) is 14.6 Å². The molecule has 0 radical (unpaired) electrons. The predicted octanol–water partition coefficient (Wildman–Crippen LogP) is 5.54. The van der Waals surface area contributed by atoms with E-state index in [4.69, 9.17) is 4.74 Å². The van der Waals surface area contributed by atoms with E-state index in [2.05, 4.69) is 15.8 Å². The number of nitrogens with one attached hydrogen (secondary N) is 1. The van der Waals surface area contributed by atoms with Crippen LogP contribution >= 0.6 is 0 Å². The van der Waals surface area contributed by atoms with Crippen molar-refractivity contribution in [3.8, 4) is 5.88 Å². The van der Waals surface area contributed by atoms with E-state index >= 15 is 0 Å². The Morgan fingerprint density at radius 3 is 2.58 bits per heavy atom. The molecule has 1 N–H and O–H groups in total. The lowest BCUT2D eigenvalue weighted by Crippen LogP contribution is -2.46. The van der Waals surface area contributed by atoms with Gasteiger partial charge in [0.1, 0.15) is 6.10 Å². The van der Waals surface area contributed by atoms with Crippen molar-refractivity contribution in [2.75, 3.05) is 6.54 Å². The number of hydrogen-bond acceptors (Lipinski definition) is 7. The molecule has 0 bridgehead atoms. The summed E-state index contributed by atoms with van der Waals surface area (Å²) in [5, 5.41) is 1.28. The number of ether oxygens (including phenoxy) is 1. The molecule has 3 aromatic rings. The van der Waals surface area contributed by atoms with Crippen LogP contribution in [0.15, 0.2) is 79.0 Å². The molecule has 1 saturated heterocycles. The highest BCUT2D eigenvalue weighted by Gasteiger charge is 2.61. The third kappa shape index (κ3) is 6.90. The molecule has 7 rings (SSSR count). The fraction of sp³-hybridized carbons (Fsp3) is 0.474. The summed E-state index contributed by atoms with van der Waals surface area (Å²) in [7, 11) is -3.78. The summed E-state index contributed by atoms with van der Waals surface area (Å²) >= 11 is 0. The molecule has 2 amide bonds. The van der Waals surface area contributed by atoms with Crippen LogP contribution in [-0.2, 0) is 30.8 Å². The van der Waals surface area contributed by atoms with Crippen molar-refractivity contribution in [3.05, 3.63) is 84.6 Å². The van der Waals surface area contributed by atoms with E-state index in [9.17, 15) is 22.8 Å². The molecule has 3 heterocycles. The second-order valence-corrected chi connectivity index (χ2v) is 16.0. The van der Waals surface area contributed by atoms with Gasteiger partial charge in [-0.3, -0.25) is 19.1 Å². The smallest absolute Gasteiger partial charge is 0.240 e. The topological polar surface area (TPSA) is 123 Å². The highest BCUT2D eigenvalue weighted by Crippen LogP contribution is 2.57. The first-order chi connectivity index (χ1) is 23.2. The lowest BCUT2D eigenvalue weighted by Gasteiger charge is -2.29. The summed E-state index contributed by atoms with van der Waals surface area (Å²) in [4.78, 5) is 48.8. The third-order valence-corrected chi connectivity index (χ3v) is 12.4. The molecule has 2 aromatic carbocycles. The summed E-state index contributed by atoms with van der Waals surface area (Å²) < 4.78 is 34.4. The fourth-order valence-corrected chi connectivity index (χ4v) is 8.95. The maximum atomic E-state index is 14.5. The zero-order valence-electron chi connectivity index (χ0n) is 27.1. The molecule has 3 fully saturated rings. The van der Waals surface area contributed by atoms with Crippen LogP contribution in [0.3, 0.4) is 0 Å². The molecular weight excluding hydrogens is 627 g/mol. The second-order valence-electron chi connectivity index (χ2n) is 14.1. The Labute approximate surface area is 282 Å². The zero-order valence-corrected chi connectivity index (χ0v) is 27.9. The fourth-order valence-electron chi connectivity index (χ4n) is 7.56. The minimum Gasteiger partial charge on any atom is -0.472 e. The average Bonchev–Trinajstić information content (AvgIpc) is 4.01. The van der Waals surface area contributed by atoms with Crippen molar-refractivity contribution < 1.29 is 27.5 Å². The summed E-state index contributed by atoms with van der Waals surface area (Å²) in [6.45, 7) is 0.226. The van der Waals surface area contributed by atoms with E-state index in [0.29, 0.717) is 38.0 Å². The van der Waals surface area contributed by atoms with Crippen LogP contribution in [-0.4, -0.2) is 59.8 Å². The van der Waals surface area contributed by atoms with Gasteiger partial charge in [-0.05, 0) is 73.9 Å². The number of benzene rings is 2. The SMILES string of the molecule is O=C1C[C@]2(C(=O)NS(=O)(=O)C3CC3)C[C@@H]2/C=C\CCCCC[C@H](Cc2ccccc2)C(=O)N2C[C@H](Oc3nccc4ccccc34)C[C@@H]12. The first-order valence-electron chi connectivity index (χ1n) is 17.3. The van der Waals surface area contributed by atoms with Gasteiger partial charge in [-0.1, -0.05) is 73.5 Å². The Balaban J connectivity index is 1.19. The Bertz CT molecular complexity index is 1820. The van der Waals surface area contributed by atoms with Crippen LogP contribution in [0.2, 0.25) is 0 Å².